The summed E-state index contributed by atoms with van der Waals surface area (Å²) in [5.41, 5.74) is 1.01. The van der Waals surface area contributed by atoms with E-state index in [1.54, 1.807) is 13.0 Å². The van der Waals surface area contributed by atoms with Gasteiger partial charge in [-0.25, -0.2) is 0 Å². The van der Waals surface area contributed by atoms with Gasteiger partial charge in [-0.15, -0.1) is 0 Å². The highest BCUT2D eigenvalue weighted by atomic mass is 16.2. The Morgan fingerprint density at radius 1 is 1.32 bits per heavy atom. The molecular formula is C16H19NO2. The minimum absolute atomic E-state index is 0.00704. The van der Waals surface area contributed by atoms with E-state index in [0.717, 1.165) is 24.9 Å². The number of hydrogen-bond donors (Lipinski definition) is 0. The molecule has 1 aliphatic heterocycles. The van der Waals surface area contributed by atoms with Gasteiger partial charge < -0.3 is 4.90 Å². The topological polar surface area (TPSA) is 37.4 Å². The first kappa shape index (κ1) is 13.5. The van der Waals surface area contributed by atoms with Crippen molar-refractivity contribution in [2.24, 2.45) is 0 Å². The van der Waals surface area contributed by atoms with Crippen LogP contribution in [0.3, 0.4) is 0 Å². The number of carbonyl (C=O) groups excluding carboxylic acids is 2. The number of carbonyl (C=O) groups is 2. The Labute approximate surface area is 113 Å². The molecule has 100 valence electrons. The number of benzene rings is 1. The first-order valence-electron chi connectivity index (χ1n) is 6.70. The maximum absolute atomic E-state index is 12.1. The molecule has 1 unspecified atom stereocenters. The minimum atomic E-state index is 0.00704. The fraction of sp³-hybridized carbons (Fsp3) is 0.375. The summed E-state index contributed by atoms with van der Waals surface area (Å²) in [4.78, 5) is 25.1. The highest BCUT2D eigenvalue weighted by Gasteiger charge is 2.28. The van der Waals surface area contributed by atoms with Gasteiger partial charge in [-0.05, 0) is 31.4 Å². The van der Waals surface area contributed by atoms with Crippen LogP contribution in [0, 0.1) is 0 Å². The Morgan fingerprint density at radius 2 is 2.05 bits per heavy atom. The summed E-state index contributed by atoms with van der Waals surface area (Å²) in [6.45, 7) is 2.34. The van der Waals surface area contributed by atoms with E-state index in [1.807, 2.05) is 41.3 Å². The molecule has 0 spiro atoms. The normalized spacial score (nSPS) is 19.0. The van der Waals surface area contributed by atoms with Gasteiger partial charge in [-0.3, -0.25) is 9.59 Å². The highest BCUT2D eigenvalue weighted by Crippen LogP contribution is 2.21. The van der Waals surface area contributed by atoms with E-state index in [4.69, 9.17) is 0 Å². The van der Waals surface area contributed by atoms with Crippen LogP contribution in [0.4, 0.5) is 0 Å². The Kier molecular flexibility index (Phi) is 4.50. The van der Waals surface area contributed by atoms with E-state index in [-0.39, 0.29) is 17.7 Å². The molecule has 2 rings (SSSR count). The Hall–Kier alpha value is -1.90. The van der Waals surface area contributed by atoms with Gasteiger partial charge in [0.1, 0.15) is 5.78 Å². The fourth-order valence-electron chi connectivity index (χ4n) is 2.50. The average Bonchev–Trinajstić information content (AvgIpc) is 2.84. The van der Waals surface area contributed by atoms with Crippen molar-refractivity contribution in [1.82, 2.24) is 4.90 Å². The van der Waals surface area contributed by atoms with Crippen LogP contribution in [0.1, 0.15) is 31.7 Å². The number of Topliss-reactive ketones (excluding diaryl/α,β-unsaturated/α-hetero) is 1. The smallest absolute Gasteiger partial charge is 0.246 e. The largest absolute Gasteiger partial charge is 0.336 e. The average molecular weight is 257 g/mol. The zero-order chi connectivity index (χ0) is 13.7. The monoisotopic (exact) mass is 257 g/mol. The molecule has 1 saturated heterocycles. The summed E-state index contributed by atoms with van der Waals surface area (Å²) < 4.78 is 0. The molecule has 0 radical (unpaired) electrons. The van der Waals surface area contributed by atoms with E-state index in [1.165, 1.54) is 0 Å². The molecule has 1 atom stereocenters. The van der Waals surface area contributed by atoms with Gasteiger partial charge in [-0.2, -0.15) is 0 Å². The molecule has 0 saturated carbocycles. The lowest BCUT2D eigenvalue weighted by molar-refractivity contribution is -0.127. The number of hydrogen-bond acceptors (Lipinski definition) is 2. The maximum atomic E-state index is 12.1. The van der Waals surface area contributed by atoms with Crippen LogP contribution in [-0.4, -0.2) is 29.2 Å². The number of likely N-dealkylation sites (tertiary alicyclic amines) is 1. The summed E-state index contributed by atoms with van der Waals surface area (Å²) in [5, 5.41) is 0. The molecular weight excluding hydrogens is 238 g/mol. The van der Waals surface area contributed by atoms with E-state index in [9.17, 15) is 9.59 Å². The van der Waals surface area contributed by atoms with Crippen molar-refractivity contribution in [2.75, 3.05) is 6.54 Å². The van der Waals surface area contributed by atoms with E-state index in [0.29, 0.717) is 6.42 Å². The standard InChI is InChI=1S/C16H19NO2/c1-13(18)12-15-8-5-11-17(15)16(19)10-9-14-6-3-2-4-7-14/h2-4,6-7,9-10,15H,5,8,11-12H2,1H3. The van der Waals surface area contributed by atoms with Crippen LogP contribution < -0.4 is 0 Å². The summed E-state index contributed by atoms with van der Waals surface area (Å²) in [5.74, 6) is 0.157. The predicted octanol–water partition coefficient (Wildman–Crippen LogP) is 2.67. The van der Waals surface area contributed by atoms with Gasteiger partial charge in [-0.1, -0.05) is 30.3 Å². The molecule has 3 heteroatoms. The van der Waals surface area contributed by atoms with Crippen molar-refractivity contribution in [3.63, 3.8) is 0 Å². The molecule has 0 aromatic heterocycles. The zero-order valence-electron chi connectivity index (χ0n) is 11.2. The third kappa shape index (κ3) is 3.78. The van der Waals surface area contributed by atoms with Crippen molar-refractivity contribution in [2.45, 2.75) is 32.2 Å². The van der Waals surface area contributed by atoms with E-state index in [2.05, 4.69) is 0 Å². The second kappa shape index (κ2) is 6.32. The summed E-state index contributed by atoms with van der Waals surface area (Å²) >= 11 is 0. The van der Waals surface area contributed by atoms with Crippen molar-refractivity contribution in [3.8, 4) is 0 Å². The molecule has 1 amide bonds. The Balaban J connectivity index is 1.99. The van der Waals surface area contributed by atoms with Crippen LogP contribution in [0.2, 0.25) is 0 Å². The van der Waals surface area contributed by atoms with Crippen LogP contribution in [0.15, 0.2) is 36.4 Å². The van der Waals surface area contributed by atoms with Gasteiger partial charge in [0.25, 0.3) is 0 Å². The minimum Gasteiger partial charge on any atom is -0.336 e. The molecule has 1 aliphatic rings. The third-order valence-corrected chi connectivity index (χ3v) is 3.40. The molecule has 0 bridgehead atoms. The molecule has 1 aromatic rings. The Morgan fingerprint density at radius 3 is 2.74 bits per heavy atom. The maximum Gasteiger partial charge on any atom is 0.246 e. The summed E-state index contributed by atoms with van der Waals surface area (Å²) in [6, 6.07) is 9.84. The van der Waals surface area contributed by atoms with Crippen LogP contribution in [0.5, 0.6) is 0 Å². The molecule has 1 heterocycles. The number of amides is 1. The number of rotatable bonds is 4. The fourth-order valence-corrected chi connectivity index (χ4v) is 2.50. The lowest BCUT2D eigenvalue weighted by atomic mass is 10.1. The SMILES string of the molecule is CC(=O)CC1CCCN1C(=O)C=Cc1ccccc1. The van der Waals surface area contributed by atoms with E-state index >= 15 is 0 Å². The predicted molar refractivity (Wildman–Crippen MR) is 75.5 cm³/mol. The molecule has 1 fully saturated rings. The van der Waals surface area contributed by atoms with Crippen LogP contribution in [0.25, 0.3) is 6.08 Å². The van der Waals surface area contributed by atoms with Crippen molar-refractivity contribution in [3.05, 3.63) is 42.0 Å². The van der Waals surface area contributed by atoms with Crippen molar-refractivity contribution < 1.29 is 9.59 Å². The quantitative estimate of drug-likeness (QED) is 0.778. The lowest BCUT2D eigenvalue weighted by Crippen LogP contribution is -2.35. The second-order valence-electron chi connectivity index (χ2n) is 4.98. The van der Waals surface area contributed by atoms with Gasteiger partial charge in [0.15, 0.2) is 0 Å². The summed E-state index contributed by atoms with van der Waals surface area (Å²) in [7, 11) is 0. The molecule has 3 nitrogen and oxygen atoms in total. The highest BCUT2D eigenvalue weighted by molar-refractivity contribution is 5.92. The molecule has 1 aromatic carbocycles. The second-order valence-corrected chi connectivity index (χ2v) is 4.98. The zero-order valence-corrected chi connectivity index (χ0v) is 11.2. The summed E-state index contributed by atoms with van der Waals surface area (Å²) in [6.07, 6.45) is 5.83. The van der Waals surface area contributed by atoms with Gasteiger partial charge in [0, 0.05) is 25.1 Å². The molecule has 19 heavy (non-hydrogen) atoms. The first-order chi connectivity index (χ1) is 9.16. The third-order valence-electron chi connectivity index (χ3n) is 3.40. The lowest BCUT2D eigenvalue weighted by Gasteiger charge is -2.22. The number of ketones is 1. The van der Waals surface area contributed by atoms with Gasteiger partial charge in [0.05, 0.1) is 0 Å². The molecule has 0 N–H and O–H groups in total. The van der Waals surface area contributed by atoms with Gasteiger partial charge >= 0.3 is 0 Å². The van der Waals surface area contributed by atoms with Crippen molar-refractivity contribution in [1.29, 1.82) is 0 Å². The number of nitrogens with zero attached hydrogens (tertiary/aromatic N) is 1. The van der Waals surface area contributed by atoms with Crippen LogP contribution in [-0.2, 0) is 9.59 Å². The van der Waals surface area contributed by atoms with Crippen molar-refractivity contribution >= 4 is 17.8 Å². The molecule has 0 aliphatic carbocycles. The van der Waals surface area contributed by atoms with Gasteiger partial charge in [0.2, 0.25) is 5.91 Å². The Bertz CT molecular complexity index is 479. The first-order valence-corrected chi connectivity index (χ1v) is 6.70. The van der Waals surface area contributed by atoms with E-state index < -0.39 is 0 Å². The van der Waals surface area contributed by atoms with Crippen LogP contribution >= 0.6 is 0 Å².